The van der Waals surface area contributed by atoms with Gasteiger partial charge in [0, 0.05) is 6.21 Å². The number of nitrogens with one attached hydrogen (secondary N) is 1. The molecule has 17 heavy (non-hydrogen) atoms. The van der Waals surface area contributed by atoms with Gasteiger partial charge in [0.05, 0.1) is 0 Å². The fourth-order valence-electron chi connectivity index (χ4n) is 3.10. The first kappa shape index (κ1) is 12.3. The quantitative estimate of drug-likeness (QED) is 0.720. The highest BCUT2D eigenvalue weighted by atomic mass is 14.3. The predicted octanol–water partition coefficient (Wildman–Crippen LogP) is 4.76. The molecule has 1 fully saturated rings. The van der Waals surface area contributed by atoms with Crippen LogP contribution in [0.5, 0.6) is 0 Å². The molecule has 0 spiro atoms. The number of rotatable bonds is 4. The summed E-state index contributed by atoms with van der Waals surface area (Å²) in [6.07, 6.45) is 9.66. The lowest BCUT2D eigenvalue weighted by Crippen LogP contribution is -2.13. The van der Waals surface area contributed by atoms with Crippen LogP contribution in [0.2, 0.25) is 0 Å². The summed E-state index contributed by atoms with van der Waals surface area (Å²) >= 11 is 0. The van der Waals surface area contributed by atoms with Crippen molar-refractivity contribution in [3.05, 3.63) is 35.4 Å². The molecule has 0 unspecified atom stereocenters. The van der Waals surface area contributed by atoms with Crippen LogP contribution in [0.3, 0.4) is 0 Å². The van der Waals surface area contributed by atoms with Gasteiger partial charge in [-0.2, -0.15) is 0 Å². The van der Waals surface area contributed by atoms with Crippen molar-refractivity contribution in [2.24, 2.45) is 5.92 Å². The average molecular weight is 229 g/mol. The van der Waals surface area contributed by atoms with Gasteiger partial charge in [0.25, 0.3) is 0 Å². The molecule has 1 aromatic rings. The summed E-state index contributed by atoms with van der Waals surface area (Å²) in [5.41, 5.74) is 2.49. The third kappa shape index (κ3) is 3.18. The number of benzene rings is 1. The van der Waals surface area contributed by atoms with Gasteiger partial charge < -0.3 is 5.41 Å². The zero-order valence-corrected chi connectivity index (χ0v) is 10.8. The van der Waals surface area contributed by atoms with Crippen LogP contribution < -0.4 is 0 Å². The third-order valence-corrected chi connectivity index (χ3v) is 4.09. The minimum absolute atomic E-state index is 0.739. The van der Waals surface area contributed by atoms with Crippen molar-refractivity contribution in [3.63, 3.8) is 0 Å². The van der Waals surface area contributed by atoms with Crippen LogP contribution in [0.25, 0.3) is 0 Å². The second kappa shape index (κ2) is 6.00. The summed E-state index contributed by atoms with van der Waals surface area (Å²) in [5.74, 6) is 1.71. The second-order valence-corrected chi connectivity index (χ2v) is 5.32. The first-order valence-electron chi connectivity index (χ1n) is 6.94. The van der Waals surface area contributed by atoms with E-state index >= 15 is 0 Å². The van der Waals surface area contributed by atoms with E-state index in [9.17, 15) is 0 Å². The predicted molar refractivity (Wildman–Crippen MR) is 73.9 cm³/mol. The van der Waals surface area contributed by atoms with E-state index in [0.717, 1.165) is 17.4 Å². The Morgan fingerprint density at radius 2 is 2.00 bits per heavy atom. The monoisotopic (exact) mass is 229 g/mol. The zero-order chi connectivity index (χ0) is 12.1. The van der Waals surface area contributed by atoms with Crippen LogP contribution in [-0.4, -0.2) is 6.21 Å². The SMILES string of the molecule is CCCC1CCC(c2cccc(C=N)c2)CC1. The molecule has 1 N–H and O–H groups in total. The van der Waals surface area contributed by atoms with Crippen LogP contribution >= 0.6 is 0 Å². The highest BCUT2D eigenvalue weighted by Crippen LogP contribution is 2.37. The van der Waals surface area contributed by atoms with Gasteiger partial charge in [-0.1, -0.05) is 38.0 Å². The largest absolute Gasteiger partial charge is 0.308 e. The fraction of sp³-hybridized carbons (Fsp3) is 0.562. The summed E-state index contributed by atoms with van der Waals surface area (Å²) in [6, 6.07) is 8.53. The van der Waals surface area contributed by atoms with Gasteiger partial charge in [-0.05, 0) is 54.7 Å². The van der Waals surface area contributed by atoms with Crippen LogP contribution in [0, 0.1) is 11.3 Å². The Morgan fingerprint density at radius 3 is 2.65 bits per heavy atom. The Bertz CT molecular complexity index is 362. The molecule has 0 heterocycles. The Labute approximate surface area is 105 Å². The summed E-state index contributed by atoms with van der Waals surface area (Å²) in [5, 5.41) is 7.32. The maximum absolute atomic E-state index is 7.32. The van der Waals surface area contributed by atoms with Crippen molar-refractivity contribution in [1.29, 1.82) is 5.41 Å². The average Bonchev–Trinajstić information content (AvgIpc) is 2.40. The maximum Gasteiger partial charge on any atom is 0.0250 e. The number of hydrogen-bond acceptors (Lipinski definition) is 1. The molecule has 0 atom stereocenters. The lowest BCUT2D eigenvalue weighted by atomic mass is 9.77. The lowest BCUT2D eigenvalue weighted by molar-refractivity contribution is 0.308. The molecule has 0 aliphatic heterocycles. The molecule has 92 valence electrons. The maximum atomic E-state index is 7.32. The summed E-state index contributed by atoms with van der Waals surface area (Å²) < 4.78 is 0. The van der Waals surface area contributed by atoms with E-state index in [2.05, 4.69) is 25.1 Å². The van der Waals surface area contributed by atoms with Crippen LogP contribution in [0.15, 0.2) is 24.3 Å². The van der Waals surface area contributed by atoms with E-state index in [0.29, 0.717) is 0 Å². The summed E-state index contributed by atoms with van der Waals surface area (Å²) in [4.78, 5) is 0. The van der Waals surface area contributed by atoms with Gasteiger partial charge in [-0.25, -0.2) is 0 Å². The molecule has 0 saturated heterocycles. The molecule has 1 saturated carbocycles. The molecule has 1 aromatic carbocycles. The normalized spacial score (nSPS) is 24.5. The van der Waals surface area contributed by atoms with E-state index in [-0.39, 0.29) is 0 Å². The summed E-state index contributed by atoms with van der Waals surface area (Å²) in [7, 11) is 0. The third-order valence-electron chi connectivity index (χ3n) is 4.09. The second-order valence-electron chi connectivity index (χ2n) is 5.32. The van der Waals surface area contributed by atoms with Gasteiger partial charge in [0.2, 0.25) is 0 Å². The first-order chi connectivity index (χ1) is 8.33. The minimum atomic E-state index is 0.739. The smallest absolute Gasteiger partial charge is 0.0250 e. The Kier molecular flexibility index (Phi) is 4.36. The Hall–Kier alpha value is -1.11. The molecule has 1 aliphatic rings. The molecule has 1 nitrogen and oxygen atoms in total. The van der Waals surface area contributed by atoms with E-state index in [1.807, 2.05) is 6.07 Å². The Balaban J connectivity index is 1.97. The van der Waals surface area contributed by atoms with Gasteiger partial charge in [-0.3, -0.25) is 0 Å². The van der Waals surface area contributed by atoms with Crippen molar-refractivity contribution < 1.29 is 0 Å². The first-order valence-corrected chi connectivity index (χ1v) is 6.94. The van der Waals surface area contributed by atoms with Crippen LogP contribution in [0.1, 0.15) is 62.5 Å². The molecule has 1 aliphatic carbocycles. The standard InChI is InChI=1S/C16H23N/c1-2-4-13-7-9-15(10-8-13)16-6-3-5-14(11-16)12-17/h3,5-6,11-13,15,17H,2,4,7-10H2,1H3. The van der Waals surface area contributed by atoms with Crippen LogP contribution in [0.4, 0.5) is 0 Å². The fourth-order valence-corrected chi connectivity index (χ4v) is 3.10. The number of hydrogen-bond donors (Lipinski definition) is 1. The molecule has 0 bridgehead atoms. The van der Waals surface area contributed by atoms with Crippen molar-refractivity contribution >= 4 is 6.21 Å². The molecule has 0 amide bonds. The van der Waals surface area contributed by atoms with Gasteiger partial charge in [-0.15, -0.1) is 0 Å². The topological polar surface area (TPSA) is 23.9 Å². The van der Waals surface area contributed by atoms with Gasteiger partial charge in [0.1, 0.15) is 0 Å². The minimum Gasteiger partial charge on any atom is -0.308 e. The van der Waals surface area contributed by atoms with E-state index < -0.39 is 0 Å². The molecular formula is C16H23N. The van der Waals surface area contributed by atoms with Crippen molar-refractivity contribution in [2.75, 3.05) is 0 Å². The molecule has 2 rings (SSSR count). The van der Waals surface area contributed by atoms with Crippen molar-refractivity contribution in [2.45, 2.75) is 51.4 Å². The lowest BCUT2D eigenvalue weighted by Gasteiger charge is -2.28. The van der Waals surface area contributed by atoms with Crippen LogP contribution in [-0.2, 0) is 0 Å². The highest BCUT2D eigenvalue weighted by Gasteiger charge is 2.21. The summed E-state index contributed by atoms with van der Waals surface area (Å²) in [6.45, 7) is 2.29. The van der Waals surface area contributed by atoms with Gasteiger partial charge in [0.15, 0.2) is 0 Å². The van der Waals surface area contributed by atoms with Crippen molar-refractivity contribution in [3.8, 4) is 0 Å². The van der Waals surface area contributed by atoms with E-state index in [4.69, 9.17) is 5.41 Å². The molecule has 0 aromatic heterocycles. The molecule has 0 radical (unpaired) electrons. The van der Waals surface area contributed by atoms with Crippen molar-refractivity contribution in [1.82, 2.24) is 0 Å². The van der Waals surface area contributed by atoms with E-state index in [1.54, 1.807) is 0 Å². The van der Waals surface area contributed by atoms with E-state index in [1.165, 1.54) is 50.3 Å². The highest BCUT2D eigenvalue weighted by molar-refractivity contribution is 5.77. The Morgan fingerprint density at radius 1 is 1.24 bits per heavy atom. The molecule has 1 heteroatoms. The zero-order valence-electron chi connectivity index (χ0n) is 10.8. The van der Waals surface area contributed by atoms with Gasteiger partial charge >= 0.3 is 0 Å². The molecular weight excluding hydrogens is 206 g/mol.